The smallest absolute Gasteiger partial charge is 0.219 e. The predicted molar refractivity (Wildman–Crippen MR) is 127 cm³/mol. The highest BCUT2D eigenvalue weighted by atomic mass is 32.2. The highest BCUT2D eigenvalue weighted by Crippen LogP contribution is 2.34. The summed E-state index contributed by atoms with van der Waals surface area (Å²) in [7, 11) is 0. The molecule has 0 unspecified atom stereocenters. The summed E-state index contributed by atoms with van der Waals surface area (Å²) in [4.78, 5) is 28.0. The SMILES string of the molecule is CCc1nc(-c2cccc3cc(-c4ccc(SN)nc4)ncc23)c2n1CCN(C(C)=O)C2. The maximum Gasteiger partial charge on any atom is 0.219 e. The fraction of sp³-hybridized carbons (Fsp3) is 0.250. The van der Waals surface area contributed by atoms with Crippen molar-refractivity contribution in [2.24, 2.45) is 5.14 Å². The van der Waals surface area contributed by atoms with Gasteiger partial charge in [0.15, 0.2) is 0 Å². The van der Waals surface area contributed by atoms with Crippen LogP contribution in [0.2, 0.25) is 0 Å². The molecule has 2 N–H and O–H groups in total. The number of amides is 1. The van der Waals surface area contributed by atoms with E-state index >= 15 is 0 Å². The molecule has 3 aromatic heterocycles. The summed E-state index contributed by atoms with van der Waals surface area (Å²) in [6.45, 7) is 5.83. The van der Waals surface area contributed by atoms with Crippen molar-refractivity contribution in [3.8, 4) is 22.5 Å². The third-order valence-electron chi connectivity index (χ3n) is 6.02. The Hall–Kier alpha value is -3.23. The third-order valence-corrected chi connectivity index (χ3v) is 6.50. The van der Waals surface area contributed by atoms with Crippen LogP contribution in [0.4, 0.5) is 0 Å². The van der Waals surface area contributed by atoms with Crippen molar-refractivity contribution in [2.45, 2.75) is 38.4 Å². The van der Waals surface area contributed by atoms with Gasteiger partial charge in [-0.1, -0.05) is 25.1 Å². The summed E-state index contributed by atoms with van der Waals surface area (Å²) >= 11 is 1.13. The molecule has 162 valence electrons. The van der Waals surface area contributed by atoms with Gasteiger partial charge in [-0.15, -0.1) is 0 Å². The second-order valence-electron chi connectivity index (χ2n) is 7.87. The number of benzene rings is 1. The zero-order chi connectivity index (χ0) is 22.2. The number of aryl methyl sites for hydroxylation is 1. The van der Waals surface area contributed by atoms with Gasteiger partial charge in [0.05, 0.1) is 23.6 Å². The van der Waals surface area contributed by atoms with Gasteiger partial charge in [-0.05, 0) is 35.5 Å². The van der Waals surface area contributed by atoms with Crippen molar-refractivity contribution < 1.29 is 4.79 Å². The molecule has 0 spiro atoms. The van der Waals surface area contributed by atoms with Crippen LogP contribution in [0.15, 0.2) is 53.8 Å². The Morgan fingerprint density at radius 2 is 2.03 bits per heavy atom. The minimum absolute atomic E-state index is 0.0957. The first-order chi connectivity index (χ1) is 15.6. The van der Waals surface area contributed by atoms with E-state index in [0.717, 1.165) is 81.3 Å². The van der Waals surface area contributed by atoms with Crippen LogP contribution in [0.5, 0.6) is 0 Å². The minimum Gasteiger partial charge on any atom is -0.335 e. The molecule has 0 radical (unpaired) electrons. The van der Waals surface area contributed by atoms with Crippen molar-refractivity contribution >= 4 is 28.6 Å². The first-order valence-corrected chi connectivity index (χ1v) is 11.5. The summed E-state index contributed by atoms with van der Waals surface area (Å²) in [5.41, 5.74) is 4.89. The summed E-state index contributed by atoms with van der Waals surface area (Å²) in [6.07, 6.45) is 4.56. The van der Waals surface area contributed by atoms with E-state index in [2.05, 4.69) is 40.7 Å². The molecule has 0 aliphatic carbocycles. The maximum atomic E-state index is 12.0. The molecule has 0 saturated carbocycles. The highest BCUT2D eigenvalue weighted by Gasteiger charge is 2.26. The number of imidazole rings is 1. The monoisotopic (exact) mass is 444 g/mol. The molecule has 32 heavy (non-hydrogen) atoms. The van der Waals surface area contributed by atoms with Gasteiger partial charge < -0.3 is 9.47 Å². The summed E-state index contributed by atoms with van der Waals surface area (Å²) in [5, 5.41) is 8.48. The van der Waals surface area contributed by atoms with Crippen LogP contribution < -0.4 is 5.14 Å². The second-order valence-corrected chi connectivity index (χ2v) is 8.52. The standard InChI is InChI=1S/C24H24N6OS/c1-3-22-28-24(21-14-29(15(2)31)9-10-30(21)22)18-6-4-5-16-11-20(26-13-19(16)18)17-7-8-23(32-25)27-12-17/h4-8,11-13H,3,9-10,14,25H2,1-2H3. The molecule has 0 fully saturated rings. The lowest BCUT2D eigenvalue weighted by molar-refractivity contribution is -0.130. The highest BCUT2D eigenvalue weighted by molar-refractivity contribution is 7.97. The number of fused-ring (bicyclic) bond motifs is 2. The largest absolute Gasteiger partial charge is 0.335 e. The molecule has 5 rings (SSSR count). The molecule has 7 nitrogen and oxygen atoms in total. The Morgan fingerprint density at radius 3 is 2.75 bits per heavy atom. The quantitative estimate of drug-likeness (QED) is 0.478. The number of hydrogen-bond acceptors (Lipinski definition) is 6. The minimum atomic E-state index is 0.0957. The van der Waals surface area contributed by atoms with Gasteiger partial charge >= 0.3 is 0 Å². The van der Waals surface area contributed by atoms with Crippen molar-refractivity contribution in [1.29, 1.82) is 0 Å². The first-order valence-electron chi connectivity index (χ1n) is 10.6. The first kappa shape index (κ1) is 20.7. The summed E-state index contributed by atoms with van der Waals surface area (Å²) < 4.78 is 2.28. The molecular weight excluding hydrogens is 420 g/mol. The van der Waals surface area contributed by atoms with Crippen LogP contribution in [-0.2, 0) is 24.3 Å². The molecule has 0 atom stereocenters. The zero-order valence-corrected chi connectivity index (χ0v) is 18.9. The van der Waals surface area contributed by atoms with Crippen LogP contribution in [-0.4, -0.2) is 36.9 Å². The van der Waals surface area contributed by atoms with Gasteiger partial charge in [0, 0.05) is 55.3 Å². The molecule has 1 aliphatic rings. The van der Waals surface area contributed by atoms with E-state index in [9.17, 15) is 4.79 Å². The second kappa shape index (κ2) is 8.37. The van der Waals surface area contributed by atoms with Crippen LogP contribution in [0.1, 0.15) is 25.4 Å². The number of carbonyl (C=O) groups is 1. The fourth-order valence-electron chi connectivity index (χ4n) is 4.33. The third kappa shape index (κ3) is 3.55. The van der Waals surface area contributed by atoms with E-state index in [1.807, 2.05) is 23.2 Å². The Balaban J connectivity index is 1.61. The van der Waals surface area contributed by atoms with Crippen LogP contribution in [0.25, 0.3) is 33.3 Å². The van der Waals surface area contributed by atoms with Gasteiger partial charge in [-0.2, -0.15) is 0 Å². The number of aromatic nitrogens is 4. The van der Waals surface area contributed by atoms with Crippen LogP contribution >= 0.6 is 11.9 Å². The molecular formula is C24H24N6OS. The molecule has 1 amide bonds. The number of nitrogens with two attached hydrogens (primary N) is 1. The molecule has 1 aromatic carbocycles. The van der Waals surface area contributed by atoms with Crippen molar-refractivity contribution in [1.82, 2.24) is 24.4 Å². The summed E-state index contributed by atoms with van der Waals surface area (Å²) in [6, 6.07) is 12.2. The van der Waals surface area contributed by atoms with E-state index in [1.54, 1.807) is 13.1 Å². The lowest BCUT2D eigenvalue weighted by Crippen LogP contribution is -2.37. The van der Waals surface area contributed by atoms with Gasteiger partial charge in [-0.25, -0.2) is 9.97 Å². The number of nitrogens with zero attached hydrogens (tertiary/aromatic N) is 5. The van der Waals surface area contributed by atoms with Gasteiger partial charge in [-0.3, -0.25) is 14.9 Å². The topological polar surface area (TPSA) is 89.9 Å². The predicted octanol–water partition coefficient (Wildman–Crippen LogP) is 4.05. The molecule has 1 aliphatic heterocycles. The Bertz CT molecular complexity index is 1310. The van der Waals surface area contributed by atoms with E-state index < -0.39 is 0 Å². The van der Waals surface area contributed by atoms with E-state index in [4.69, 9.17) is 15.1 Å². The fourth-order valence-corrected chi connectivity index (χ4v) is 4.59. The summed E-state index contributed by atoms with van der Waals surface area (Å²) in [5.74, 6) is 1.15. The molecule has 8 heteroatoms. The Morgan fingerprint density at radius 1 is 1.16 bits per heavy atom. The maximum absolute atomic E-state index is 12.0. The van der Waals surface area contributed by atoms with Gasteiger partial charge in [0.2, 0.25) is 5.91 Å². The van der Waals surface area contributed by atoms with Crippen LogP contribution in [0.3, 0.4) is 0 Å². The molecule has 4 heterocycles. The Labute approximate surface area is 190 Å². The van der Waals surface area contributed by atoms with Crippen molar-refractivity contribution in [3.05, 3.63) is 60.3 Å². The van der Waals surface area contributed by atoms with Crippen molar-refractivity contribution in [2.75, 3.05) is 6.54 Å². The van der Waals surface area contributed by atoms with Gasteiger partial charge in [0.25, 0.3) is 0 Å². The van der Waals surface area contributed by atoms with E-state index in [-0.39, 0.29) is 5.91 Å². The van der Waals surface area contributed by atoms with E-state index in [1.165, 1.54) is 0 Å². The number of hydrogen-bond donors (Lipinski definition) is 1. The lowest BCUT2D eigenvalue weighted by Gasteiger charge is -2.28. The average Bonchev–Trinajstić information content (AvgIpc) is 3.21. The number of pyridine rings is 2. The van der Waals surface area contributed by atoms with Gasteiger partial charge in [0.1, 0.15) is 10.9 Å². The molecule has 0 saturated heterocycles. The number of rotatable bonds is 4. The molecule has 0 bridgehead atoms. The normalized spacial score (nSPS) is 13.4. The van der Waals surface area contributed by atoms with E-state index in [0.29, 0.717) is 6.54 Å². The number of carbonyl (C=O) groups excluding carboxylic acids is 1. The van der Waals surface area contributed by atoms with Crippen LogP contribution in [0, 0.1) is 0 Å². The average molecular weight is 445 g/mol. The molecule has 4 aromatic rings. The Kier molecular flexibility index (Phi) is 5.40. The van der Waals surface area contributed by atoms with Crippen molar-refractivity contribution in [3.63, 3.8) is 0 Å². The lowest BCUT2D eigenvalue weighted by atomic mass is 10.0. The zero-order valence-electron chi connectivity index (χ0n) is 18.1.